The summed E-state index contributed by atoms with van der Waals surface area (Å²) >= 11 is 0. The third-order valence-electron chi connectivity index (χ3n) is 4.51. The maximum atomic E-state index is 14.4. The number of piperidine rings is 1. The lowest BCUT2D eigenvalue weighted by molar-refractivity contribution is -0.120. The number of hydrogen-bond acceptors (Lipinski definition) is 4. The predicted molar refractivity (Wildman–Crippen MR) is 83.9 cm³/mol. The predicted octanol–water partition coefficient (Wildman–Crippen LogP) is 1.48. The summed E-state index contributed by atoms with van der Waals surface area (Å²) in [4.78, 5) is 26.3. The number of aliphatic hydroxyl groups excluding tert-OH is 1. The van der Waals surface area contributed by atoms with Gasteiger partial charge in [0.05, 0.1) is 5.69 Å². The van der Waals surface area contributed by atoms with Crippen molar-refractivity contribution in [2.24, 2.45) is 5.92 Å². The van der Waals surface area contributed by atoms with Gasteiger partial charge in [-0.15, -0.1) is 0 Å². The van der Waals surface area contributed by atoms with Crippen molar-refractivity contribution in [3.05, 3.63) is 24.0 Å². The minimum absolute atomic E-state index is 0.168. The Morgan fingerprint density at radius 1 is 1.22 bits per heavy atom. The first kappa shape index (κ1) is 15.7. The van der Waals surface area contributed by atoms with Gasteiger partial charge in [0.2, 0.25) is 5.91 Å². The molecule has 2 aliphatic heterocycles. The lowest BCUT2D eigenvalue weighted by Crippen LogP contribution is -2.49. The molecule has 0 bridgehead atoms. The van der Waals surface area contributed by atoms with E-state index in [-0.39, 0.29) is 31.2 Å². The van der Waals surface area contributed by atoms with Gasteiger partial charge in [0.1, 0.15) is 5.82 Å². The molecule has 0 unspecified atom stereocenters. The molecular weight excluding hydrogens is 301 g/mol. The Balaban J connectivity index is 1.73. The Labute approximate surface area is 133 Å². The van der Waals surface area contributed by atoms with Crippen LogP contribution in [-0.2, 0) is 4.79 Å². The molecule has 0 aromatic heterocycles. The standard InChI is InChI=1S/C16H20FN3O3/c17-13-9-12(19-6-3-11(10-21)4-7-19)1-2-14(13)20-8-5-15(22)18-16(20)23/h1-2,9,11,21H,3-8,10H2,(H,18,22,23). The number of hydrogen-bond donors (Lipinski definition) is 2. The van der Waals surface area contributed by atoms with Gasteiger partial charge in [0, 0.05) is 38.3 Å². The highest BCUT2D eigenvalue weighted by Gasteiger charge is 2.27. The molecule has 3 rings (SSSR count). The average molecular weight is 321 g/mol. The summed E-state index contributed by atoms with van der Waals surface area (Å²) in [5.74, 6) is -0.490. The lowest BCUT2D eigenvalue weighted by atomic mass is 9.97. The fourth-order valence-corrected chi connectivity index (χ4v) is 3.08. The van der Waals surface area contributed by atoms with E-state index in [4.69, 9.17) is 0 Å². The first-order valence-corrected chi connectivity index (χ1v) is 7.85. The Hall–Kier alpha value is -2.15. The smallest absolute Gasteiger partial charge is 0.328 e. The van der Waals surface area contributed by atoms with Crippen molar-refractivity contribution in [2.45, 2.75) is 19.3 Å². The van der Waals surface area contributed by atoms with E-state index in [1.807, 2.05) is 0 Å². The summed E-state index contributed by atoms with van der Waals surface area (Å²) in [5, 5.41) is 11.4. The Kier molecular flexibility index (Phi) is 4.47. The summed E-state index contributed by atoms with van der Waals surface area (Å²) in [6.07, 6.45) is 1.94. The van der Waals surface area contributed by atoms with Crippen LogP contribution in [0.5, 0.6) is 0 Å². The van der Waals surface area contributed by atoms with E-state index in [0.717, 1.165) is 31.6 Å². The molecule has 7 heteroatoms. The largest absolute Gasteiger partial charge is 0.396 e. The monoisotopic (exact) mass is 321 g/mol. The third kappa shape index (κ3) is 3.29. The molecule has 2 fully saturated rings. The fourth-order valence-electron chi connectivity index (χ4n) is 3.08. The van der Waals surface area contributed by atoms with E-state index >= 15 is 0 Å². The van der Waals surface area contributed by atoms with Crippen molar-refractivity contribution in [1.29, 1.82) is 0 Å². The maximum absolute atomic E-state index is 14.4. The number of imide groups is 1. The number of nitrogens with zero attached hydrogens (tertiary/aromatic N) is 2. The number of rotatable bonds is 3. The molecule has 0 radical (unpaired) electrons. The molecule has 0 aliphatic carbocycles. The summed E-state index contributed by atoms with van der Waals surface area (Å²) in [5.41, 5.74) is 0.958. The minimum Gasteiger partial charge on any atom is -0.396 e. The zero-order valence-corrected chi connectivity index (χ0v) is 12.8. The van der Waals surface area contributed by atoms with Crippen LogP contribution in [0.25, 0.3) is 0 Å². The normalized spacial score (nSPS) is 19.9. The van der Waals surface area contributed by atoms with Gasteiger partial charge in [-0.1, -0.05) is 0 Å². The van der Waals surface area contributed by atoms with Crippen LogP contribution in [0.15, 0.2) is 18.2 Å². The van der Waals surface area contributed by atoms with E-state index in [1.165, 1.54) is 11.0 Å². The second-order valence-corrected chi connectivity index (χ2v) is 6.00. The molecule has 6 nitrogen and oxygen atoms in total. The molecule has 2 aliphatic rings. The number of amides is 3. The van der Waals surface area contributed by atoms with Crippen LogP contribution in [0.2, 0.25) is 0 Å². The van der Waals surface area contributed by atoms with E-state index in [9.17, 15) is 19.1 Å². The van der Waals surface area contributed by atoms with E-state index < -0.39 is 11.8 Å². The quantitative estimate of drug-likeness (QED) is 0.884. The molecule has 2 heterocycles. The zero-order chi connectivity index (χ0) is 16.4. The van der Waals surface area contributed by atoms with Gasteiger partial charge < -0.3 is 10.0 Å². The van der Waals surface area contributed by atoms with Crippen LogP contribution >= 0.6 is 0 Å². The van der Waals surface area contributed by atoms with Crippen LogP contribution in [0, 0.1) is 11.7 Å². The topological polar surface area (TPSA) is 72.9 Å². The average Bonchev–Trinajstić information content (AvgIpc) is 2.55. The number of anilines is 2. The number of carbonyl (C=O) groups is 2. The van der Waals surface area contributed by atoms with Gasteiger partial charge >= 0.3 is 6.03 Å². The van der Waals surface area contributed by atoms with Crippen LogP contribution in [0.1, 0.15) is 19.3 Å². The second-order valence-electron chi connectivity index (χ2n) is 6.00. The molecule has 0 saturated carbocycles. The van der Waals surface area contributed by atoms with Gasteiger partial charge in [-0.05, 0) is 37.0 Å². The van der Waals surface area contributed by atoms with Crippen LogP contribution < -0.4 is 15.1 Å². The van der Waals surface area contributed by atoms with Crippen LogP contribution in [0.4, 0.5) is 20.6 Å². The molecule has 3 amide bonds. The van der Waals surface area contributed by atoms with Crippen molar-refractivity contribution in [1.82, 2.24) is 5.32 Å². The van der Waals surface area contributed by atoms with Gasteiger partial charge in [-0.2, -0.15) is 0 Å². The molecule has 1 aromatic carbocycles. The lowest BCUT2D eigenvalue weighted by Gasteiger charge is -2.33. The van der Waals surface area contributed by atoms with Gasteiger partial charge in [-0.3, -0.25) is 15.0 Å². The van der Waals surface area contributed by atoms with E-state index in [0.29, 0.717) is 5.92 Å². The Morgan fingerprint density at radius 3 is 2.57 bits per heavy atom. The fraction of sp³-hybridized carbons (Fsp3) is 0.500. The molecule has 2 saturated heterocycles. The van der Waals surface area contributed by atoms with Gasteiger partial charge in [0.15, 0.2) is 0 Å². The molecule has 1 aromatic rings. The van der Waals surface area contributed by atoms with E-state index in [1.54, 1.807) is 12.1 Å². The van der Waals surface area contributed by atoms with Crippen molar-refractivity contribution in [3.8, 4) is 0 Å². The van der Waals surface area contributed by atoms with Crippen molar-refractivity contribution in [3.63, 3.8) is 0 Å². The molecule has 124 valence electrons. The van der Waals surface area contributed by atoms with Crippen molar-refractivity contribution in [2.75, 3.05) is 36.0 Å². The molecular formula is C16H20FN3O3. The highest BCUT2D eigenvalue weighted by molar-refractivity contribution is 6.05. The maximum Gasteiger partial charge on any atom is 0.328 e. The summed E-state index contributed by atoms with van der Waals surface area (Å²) in [7, 11) is 0. The highest BCUT2D eigenvalue weighted by atomic mass is 19.1. The van der Waals surface area contributed by atoms with Crippen molar-refractivity contribution >= 4 is 23.3 Å². The summed E-state index contributed by atoms with van der Waals surface area (Å²) in [6.45, 7) is 1.94. The highest BCUT2D eigenvalue weighted by Crippen LogP contribution is 2.28. The number of benzene rings is 1. The number of urea groups is 1. The number of nitrogens with one attached hydrogen (secondary N) is 1. The SMILES string of the molecule is O=C1CCN(c2ccc(N3CCC(CO)CC3)cc2F)C(=O)N1. The van der Waals surface area contributed by atoms with Crippen LogP contribution in [0.3, 0.4) is 0 Å². The zero-order valence-electron chi connectivity index (χ0n) is 12.8. The molecule has 23 heavy (non-hydrogen) atoms. The number of carbonyl (C=O) groups excluding carboxylic acids is 2. The van der Waals surface area contributed by atoms with Crippen LogP contribution in [-0.4, -0.2) is 43.3 Å². The van der Waals surface area contributed by atoms with E-state index in [2.05, 4.69) is 10.2 Å². The van der Waals surface area contributed by atoms with Crippen molar-refractivity contribution < 1.29 is 19.1 Å². The Bertz CT molecular complexity index is 615. The summed E-state index contributed by atoms with van der Waals surface area (Å²) in [6, 6.07) is 4.22. The number of halogens is 1. The molecule has 2 N–H and O–H groups in total. The minimum atomic E-state index is -0.586. The number of aliphatic hydroxyl groups is 1. The Morgan fingerprint density at radius 2 is 1.96 bits per heavy atom. The first-order chi connectivity index (χ1) is 11.1. The van der Waals surface area contributed by atoms with Gasteiger partial charge in [0.25, 0.3) is 0 Å². The second kappa shape index (κ2) is 6.54. The summed E-state index contributed by atoms with van der Waals surface area (Å²) < 4.78 is 14.4. The molecule has 0 spiro atoms. The first-order valence-electron chi connectivity index (χ1n) is 7.85. The van der Waals surface area contributed by atoms with Gasteiger partial charge in [-0.25, -0.2) is 9.18 Å². The molecule has 0 atom stereocenters. The third-order valence-corrected chi connectivity index (χ3v) is 4.51.